The maximum atomic E-state index is 13.7. The predicted octanol–water partition coefficient (Wildman–Crippen LogP) is 7.62. The minimum absolute atomic E-state index is 0.00131. The van der Waals surface area contributed by atoms with Gasteiger partial charge in [-0.3, -0.25) is 14.4 Å². The molecule has 4 atom stereocenters. The second-order valence-electron chi connectivity index (χ2n) is 16.1. The smallest absolute Gasteiger partial charge is 0.407 e. The van der Waals surface area contributed by atoms with Gasteiger partial charge in [0.1, 0.15) is 17.7 Å². The summed E-state index contributed by atoms with van der Waals surface area (Å²) < 4.78 is 9.67. The van der Waals surface area contributed by atoms with Crippen molar-refractivity contribution in [3.05, 3.63) is 71.8 Å². The molecule has 7 rings (SSSR count). The Hall–Kier alpha value is -5.72. The number of amides is 3. The molecule has 300 valence electrons. The molecule has 0 unspecified atom stereocenters. The first kappa shape index (κ1) is 39.5. The van der Waals surface area contributed by atoms with Crippen LogP contribution in [0, 0.1) is 24.7 Å². The fourth-order valence-corrected chi connectivity index (χ4v) is 8.48. The van der Waals surface area contributed by atoms with Crippen molar-refractivity contribution in [2.45, 2.75) is 84.8 Å². The number of H-pyrrole nitrogens is 2. The number of esters is 1. The van der Waals surface area contributed by atoms with Crippen molar-refractivity contribution in [1.82, 2.24) is 35.1 Å². The molecule has 3 N–H and O–H groups in total. The van der Waals surface area contributed by atoms with Gasteiger partial charge in [0.2, 0.25) is 11.8 Å². The molecule has 0 spiro atoms. The van der Waals surface area contributed by atoms with E-state index in [0.29, 0.717) is 13.1 Å². The summed E-state index contributed by atoms with van der Waals surface area (Å²) in [5.41, 5.74) is 8.87. The molecule has 0 radical (unpaired) electrons. The minimum atomic E-state index is -0.692. The van der Waals surface area contributed by atoms with Crippen LogP contribution in [-0.4, -0.2) is 87.0 Å². The van der Waals surface area contributed by atoms with Crippen LogP contribution in [0.15, 0.2) is 54.6 Å². The second kappa shape index (κ2) is 16.4. The van der Waals surface area contributed by atoms with Crippen molar-refractivity contribution in [2.75, 3.05) is 27.3 Å². The van der Waals surface area contributed by atoms with Crippen LogP contribution in [0.5, 0.6) is 0 Å². The third kappa shape index (κ3) is 7.97. The van der Waals surface area contributed by atoms with E-state index in [1.807, 2.05) is 49.6 Å². The Kier molecular flexibility index (Phi) is 11.4. The molecule has 4 heterocycles. The van der Waals surface area contributed by atoms with Gasteiger partial charge in [0.25, 0.3) is 0 Å². The topological polar surface area (TPSA) is 163 Å². The maximum absolute atomic E-state index is 13.7. The fourth-order valence-electron chi connectivity index (χ4n) is 8.48. The number of carbonyl (C=O) groups excluding carboxylic acids is 4. The number of alkyl carbamates (subject to hydrolysis) is 1. The number of carbonyl (C=O) groups is 4. The molecule has 2 fully saturated rings. The molecule has 13 nitrogen and oxygen atoms in total. The van der Waals surface area contributed by atoms with E-state index < -0.39 is 18.1 Å². The second-order valence-corrected chi connectivity index (χ2v) is 16.1. The van der Waals surface area contributed by atoms with Gasteiger partial charge in [-0.25, -0.2) is 14.8 Å². The molecule has 2 aliphatic heterocycles. The first-order chi connectivity index (χ1) is 27.4. The van der Waals surface area contributed by atoms with Gasteiger partial charge in [-0.1, -0.05) is 58.0 Å². The molecule has 2 saturated heterocycles. The summed E-state index contributed by atoms with van der Waals surface area (Å²) in [7, 11) is 2.65. The lowest BCUT2D eigenvalue weighted by atomic mass is 9.91. The summed E-state index contributed by atoms with van der Waals surface area (Å²) in [5.74, 6) is 0.415. The summed E-state index contributed by atoms with van der Waals surface area (Å²) in [6.45, 7) is 11.1. The largest absolute Gasteiger partial charge is 0.469 e. The number of methoxy groups -OCH3 is 2. The number of benzene rings is 3. The van der Waals surface area contributed by atoms with E-state index >= 15 is 0 Å². The van der Waals surface area contributed by atoms with Crippen molar-refractivity contribution in [2.24, 2.45) is 17.8 Å². The van der Waals surface area contributed by atoms with Crippen LogP contribution in [0.3, 0.4) is 0 Å². The number of aromatic nitrogens is 4. The van der Waals surface area contributed by atoms with E-state index in [-0.39, 0.29) is 48.1 Å². The number of fused-ring (bicyclic) bond motifs is 2. The highest BCUT2D eigenvalue weighted by molar-refractivity contribution is 5.88. The third-order valence-electron chi connectivity index (χ3n) is 11.7. The molecule has 3 aromatic carbocycles. The SMILES string of the molecule is COC(=O)C[C@H](C(=O)N1CCC[C@H]1c1nc2ccc(-c3ccc(-c4ccc5nc([C@@H]6CCCN6C(=O)[C@@H](NC(=O)OC)C(C)C)[nH]c5c4)cc3C)cc2[nH]1)C(C)C. The van der Waals surface area contributed by atoms with Crippen LogP contribution < -0.4 is 5.32 Å². The molecule has 0 bridgehead atoms. The lowest BCUT2D eigenvalue weighted by molar-refractivity contribution is -0.148. The number of likely N-dealkylation sites (tertiary alicyclic amines) is 2. The average Bonchev–Trinajstić information content (AvgIpc) is 4.03. The number of ether oxygens (including phenoxy) is 2. The molecule has 3 amide bonds. The van der Waals surface area contributed by atoms with E-state index in [1.54, 1.807) is 0 Å². The molecular formula is C44H53N7O6. The molecule has 13 heteroatoms. The number of aryl methyl sites for hydroxylation is 1. The molecular weight excluding hydrogens is 723 g/mol. The number of hydrogen-bond acceptors (Lipinski definition) is 8. The van der Waals surface area contributed by atoms with Crippen molar-refractivity contribution < 1.29 is 28.7 Å². The fraction of sp³-hybridized carbons (Fsp3) is 0.455. The van der Waals surface area contributed by atoms with Crippen molar-refractivity contribution in [1.29, 1.82) is 0 Å². The Morgan fingerprint density at radius 3 is 1.82 bits per heavy atom. The van der Waals surface area contributed by atoms with Crippen molar-refractivity contribution in [3.8, 4) is 22.3 Å². The molecule has 5 aromatic rings. The van der Waals surface area contributed by atoms with E-state index in [4.69, 9.17) is 19.4 Å². The monoisotopic (exact) mass is 775 g/mol. The van der Waals surface area contributed by atoms with Crippen LogP contribution in [0.2, 0.25) is 0 Å². The highest BCUT2D eigenvalue weighted by Crippen LogP contribution is 2.37. The first-order valence-corrected chi connectivity index (χ1v) is 20.0. The first-order valence-electron chi connectivity index (χ1n) is 20.0. The number of aromatic amines is 2. The van der Waals surface area contributed by atoms with Gasteiger partial charge < -0.3 is 34.6 Å². The van der Waals surface area contributed by atoms with E-state index in [0.717, 1.165) is 87.2 Å². The van der Waals surface area contributed by atoms with Gasteiger partial charge in [0.05, 0.1) is 60.7 Å². The zero-order chi connectivity index (χ0) is 40.5. The van der Waals surface area contributed by atoms with Crippen LogP contribution >= 0.6 is 0 Å². The Labute approximate surface area is 332 Å². The summed E-state index contributed by atoms with van der Waals surface area (Å²) in [5, 5.41) is 2.71. The van der Waals surface area contributed by atoms with Gasteiger partial charge >= 0.3 is 12.1 Å². The van der Waals surface area contributed by atoms with Gasteiger partial charge in [-0.2, -0.15) is 0 Å². The highest BCUT2D eigenvalue weighted by atomic mass is 16.5. The van der Waals surface area contributed by atoms with Crippen molar-refractivity contribution >= 4 is 45.9 Å². The number of hydrogen-bond donors (Lipinski definition) is 3. The lowest BCUT2D eigenvalue weighted by Crippen LogP contribution is -2.51. The summed E-state index contributed by atoms with van der Waals surface area (Å²) in [4.78, 5) is 72.1. The normalized spacial score (nSPS) is 18.1. The van der Waals surface area contributed by atoms with Crippen LogP contribution in [0.25, 0.3) is 44.3 Å². The number of imidazole rings is 2. The Morgan fingerprint density at radius 1 is 0.737 bits per heavy atom. The van der Waals surface area contributed by atoms with E-state index in [2.05, 4.69) is 64.7 Å². The third-order valence-corrected chi connectivity index (χ3v) is 11.7. The standard InChI is InChI=1S/C44H53N7O6/c1-24(2)31(23-38(52)56-6)42(53)50-18-8-10-36(50)40-46-33-17-14-29(22-35(33)48-40)30-15-12-27(20-26(30)5)28-13-16-32-34(21-28)47-41(45-32)37-11-9-19-51(37)43(54)39(25(3)4)49-44(55)57-7/h12-17,20-22,24-25,31,36-37,39H,8-11,18-19,23H2,1-7H3,(H,45,47)(H,46,48)(H,49,55)/t31-,36-,37-,39-/m0/s1. The quantitative estimate of drug-likeness (QED) is 0.115. The highest BCUT2D eigenvalue weighted by Gasteiger charge is 2.39. The van der Waals surface area contributed by atoms with Gasteiger partial charge in [0, 0.05) is 13.1 Å². The Morgan fingerprint density at radius 2 is 1.28 bits per heavy atom. The van der Waals surface area contributed by atoms with E-state index in [1.165, 1.54) is 14.2 Å². The Balaban J connectivity index is 1.09. The van der Waals surface area contributed by atoms with Crippen LogP contribution in [0.1, 0.15) is 89.1 Å². The predicted molar refractivity (Wildman–Crippen MR) is 218 cm³/mol. The Bertz CT molecular complexity index is 2310. The van der Waals surface area contributed by atoms with Crippen LogP contribution in [-0.2, 0) is 23.9 Å². The molecule has 57 heavy (non-hydrogen) atoms. The van der Waals surface area contributed by atoms with Gasteiger partial charge in [-0.15, -0.1) is 0 Å². The van der Waals surface area contributed by atoms with Gasteiger partial charge in [-0.05, 0) is 96.5 Å². The summed E-state index contributed by atoms with van der Waals surface area (Å²) >= 11 is 0. The zero-order valence-electron chi connectivity index (χ0n) is 33.8. The minimum Gasteiger partial charge on any atom is -0.469 e. The van der Waals surface area contributed by atoms with E-state index in [9.17, 15) is 19.2 Å². The lowest BCUT2D eigenvalue weighted by Gasteiger charge is -2.29. The summed E-state index contributed by atoms with van der Waals surface area (Å²) in [6, 6.07) is 17.8. The number of nitrogens with zero attached hydrogens (tertiary/aromatic N) is 4. The van der Waals surface area contributed by atoms with Crippen LogP contribution in [0.4, 0.5) is 4.79 Å². The molecule has 2 aliphatic rings. The zero-order valence-corrected chi connectivity index (χ0v) is 33.8. The molecule has 0 aliphatic carbocycles. The van der Waals surface area contributed by atoms with Crippen molar-refractivity contribution in [3.63, 3.8) is 0 Å². The number of rotatable bonds is 11. The number of nitrogens with one attached hydrogen (secondary N) is 3. The average molecular weight is 776 g/mol. The van der Waals surface area contributed by atoms with Gasteiger partial charge in [0.15, 0.2) is 0 Å². The molecule has 0 saturated carbocycles. The maximum Gasteiger partial charge on any atom is 0.407 e. The molecule has 2 aromatic heterocycles. The summed E-state index contributed by atoms with van der Waals surface area (Å²) in [6.07, 6.45) is 2.75.